The zero-order chi connectivity index (χ0) is 17.4. The van der Waals surface area contributed by atoms with E-state index in [0.717, 1.165) is 19.3 Å². The first-order valence-corrected chi connectivity index (χ1v) is 8.17. The van der Waals surface area contributed by atoms with Gasteiger partial charge in [-0.2, -0.15) is 10.5 Å². The predicted octanol–water partition coefficient (Wildman–Crippen LogP) is 3.19. The summed E-state index contributed by atoms with van der Waals surface area (Å²) in [6.45, 7) is 2.05. The second-order valence-electron chi connectivity index (χ2n) is 6.00. The van der Waals surface area contributed by atoms with Crippen LogP contribution >= 0.6 is 0 Å². The average molecular weight is 323 g/mol. The molecule has 124 valence electrons. The van der Waals surface area contributed by atoms with Gasteiger partial charge in [-0.15, -0.1) is 0 Å². The third kappa shape index (κ3) is 4.60. The number of amides is 1. The molecule has 0 spiro atoms. The van der Waals surface area contributed by atoms with Crippen molar-refractivity contribution in [3.8, 4) is 17.9 Å². The molecule has 0 aromatic heterocycles. The minimum atomic E-state index is -0.355. The summed E-state index contributed by atoms with van der Waals surface area (Å²) in [5, 5.41) is 21.0. The van der Waals surface area contributed by atoms with Gasteiger partial charge in [0.25, 0.3) is 5.91 Å². The van der Waals surface area contributed by atoms with Crippen LogP contribution in [0.15, 0.2) is 29.8 Å². The highest BCUT2D eigenvalue weighted by atomic mass is 16.5. The first kappa shape index (κ1) is 17.6. The monoisotopic (exact) mass is 323 g/mol. The van der Waals surface area contributed by atoms with Gasteiger partial charge in [0.1, 0.15) is 23.5 Å². The maximum Gasteiger partial charge on any atom is 0.262 e. The lowest BCUT2D eigenvalue weighted by atomic mass is 9.86. The van der Waals surface area contributed by atoms with Crippen molar-refractivity contribution in [2.24, 2.45) is 5.92 Å². The van der Waals surface area contributed by atoms with Gasteiger partial charge in [0.15, 0.2) is 6.61 Å². The first-order valence-electron chi connectivity index (χ1n) is 8.17. The molecule has 1 aromatic rings. The number of hydrogen-bond donors (Lipinski definition) is 1. The molecule has 0 unspecified atom stereocenters. The van der Waals surface area contributed by atoms with E-state index in [1.54, 1.807) is 24.3 Å². The average Bonchev–Trinajstić information content (AvgIpc) is 2.60. The molecule has 1 N–H and O–H groups in total. The van der Waals surface area contributed by atoms with E-state index in [2.05, 4.69) is 12.2 Å². The number of carbonyl (C=O) groups is 1. The Balaban J connectivity index is 2.15. The lowest BCUT2D eigenvalue weighted by Crippen LogP contribution is -2.41. The van der Waals surface area contributed by atoms with Crippen LogP contribution in [0.1, 0.15) is 38.2 Å². The summed E-state index contributed by atoms with van der Waals surface area (Å²) < 4.78 is 5.33. The fourth-order valence-electron chi connectivity index (χ4n) is 2.92. The van der Waals surface area contributed by atoms with Gasteiger partial charge in [-0.1, -0.05) is 38.0 Å². The minimum Gasteiger partial charge on any atom is -0.478 e. The van der Waals surface area contributed by atoms with Crippen LogP contribution in [0.4, 0.5) is 0 Å². The fourth-order valence-corrected chi connectivity index (χ4v) is 2.92. The zero-order valence-corrected chi connectivity index (χ0v) is 13.8. The smallest absolute Gasteiger partial charge is 0.262 e. The second kappa shape index (κ2) is 8.74. The van der Waals surface area contributed by atoms with Crippen LogP contribution in [-0.4, -0.2) is 18.6 Å². The molecule has 0 bridgehead atoms. The van der Waals surface area contributed by atoms with Crippen molar-refractivity contribution in [2.75, 3.05) is 6.61 Å². The third-order valence-electron chi connectivity index (χ3n) is 4.30. The second-order valence-corrected chi connectivity index (χ2v) is 6.00. The number of nitriles is 2. The first-order chi connectivity index (χ1) is 11.7. The molecule has 0 radical (unpaired) electrons. The molecule has 1 aliphatic carbocycles. The number of carbonyl (C=O) groups excluding carboxylic acids is 1. The molecular weight excluding hydrogens is 302 g/mol. The number of para-hydroxylation sites is 1. The van der Waals surface area contributed by atoms with Crippen molar-refractivity contribution in [1.82, 2.24) is 5.32 Å². The molecule has 5 heteroatoms. The standard InChI is InChI=1S/C19H21N3O2/c1-14-6-2-4-8-17(14)22-19(23)16(13-21)12-15-7-3-5-9-18(15)24-11-10-20/h3,5,7,9,12,14,17H,2,4,6,8,11H2,1H3,(H,22,23)/b16-12+/t14-,17+/m1/s1. The largest absolute Gasteiger partial charge is 0.478 e. The highest BCUT2D eigenvalue weighted by Gasteiger charge is 2.24. The predicted molar refractivity (Wildman–Crippen MR) is 90.7 cm³/mol. The maximum absolute atomic E-state index is 12.4. The summed E-state index contributed by atoms with van der Waals surface area (Å²) in [6.07, 6.45) is 5.86. The fraction of sp³-hybridized carbons (Fsp3) is 0.421. The highest BCUT2D eigenvalue weighted by Crippen LogP contribution is 2.25. The van der Waals surface area contributed by atoms with Crippen LogP contribution in [0.5, 0.6) is 5.75 Å². The van der Waals surface area contributed by atoms with Gasteiger partial charge < -0.3 is 10.1 Å². The van der Waals surface area contributed by atoms with Gasteiger partial charge in [-0.25, -0.2) is 0 Å². The lowest BCUT2D eigenvalue weighted by Gasteiger charge is -2.29. The zero-order valence-electron chi connectivity index (χ0n) is 13.8. The van der Waals surface area contributed by atoms with Crippen LogP contribution in [-0.2, 0) is 4.79 Å². The van der Waals surface area contributed by atoms with Crippen molar-refractivity contribution in [1.29, 1.82) is 10.5 Å². The molecule has 0 aliphatic heterocycles. The van der Waals surface area contributed by atoms with Crippen molar-refractivity contribution >= 4 is 12.0 Å². The van der Waals surface area contributed by atoms with E-state index in [1.807, 2.05) is 12.1 Å². The molecule has 1 aromatic carbocycles. The summed E-state index contributed by atoms with van der Waals surface area (Å²) in [5.74, 6) is 0.547. The summed E-state index contributed by atoms with van der Waals surface area (Å²) in [7, 11) is 0. The van der Waals surface area contributed by atoms with Crippen LogP contribution < -0.4 is 10.1 Å². The van der Waals surface area contributed by atoms with Gasteiger partial charge in [0.2, 0.25) is 0 Å². The summed E-state index contributed by atoms with van der Waals surface area (Å²) in [6, 6.07) is 11.0. The van der Waals surface area contributed by atoms with Crippen molar-refractivity contribution < 1.29 is 9.53 Å². The van der Waals surface area contributed by atoms with Gasteiger partial charge in [0.05, 0.1) is 0 Å². The van der Waals surface area contributed by atoms with Crippen LogP contribution in [0, 0.1) is 28.6 Å². The van der Waals surface area contributed by atoms with E-state index in [1.165, 1.54) is 12.5 Å². The lowest BCUT2D eigenvalue weighted by molar-refractivity contribution is -0.118. The van der Waals surface area contributed by atoms with Crippen LogP contribution in [0.25, 0.3) is 6.08 Å². The van der Waals surface area contributed by atoms with E-state index < -0.39 is 0 Å². The van der Waals surface area contributed by atoms with E-state index >= 15 is 0 Å². The van der Waals surface area contributed by atoms with Crippen molar-refractivity contribution in [2.45, 2.75) is 38.6 Å². The van der Waals surface area contributed by atoms with E-state index in [9.17, 15) is 10.1 Å². The number of nitrogens with zero attached hydrogens (tertiary/aromatic N) is 2. The van der Waals surface area contributed by atoms with Gasteiger partial charge in [-0.3, -0.25) is 4.79 Å². The molecule has 0 saturated heterocycles. The molecule has 1 saturated carbocycles. The van der Waals surface area contributed by atoms with E-state index in [-0.39, 0.29) is 24.1 Å². The van der Waals surface area contributed by atoms with E-state index in [4.69, 9.17) is 10.00 Å². The quantitative estimate of drug-likeness (QED) is 0.666. The Kier molecular flexibility index (Phi) is 6.40. The Labute approximate surface area is 142 Å². The molecule has 2 rings (SSSR count). The Bertz CT molecular complexity index is 697. The number of nitrogens with one attached hydrogen (secondary N) is 1. The van der Waals surface area contributed by atoms with Crippen molar-refractivity contribution in [3.63, 3.8) is 0 Å². The molecule has 1 aliphatic rings. The molecule has 24 heavy (non-hydrogen) atoms. The Hall–Kier alpha value is -2.79. The number of hydrogen-bond acceptors (Lipinski definition) is 4. The van der Waals surface area contributed by atoms with Crippen LogP contribution in [0.2, 0.25) is 0 Å². The highest BCUT2D eigenvalue weighted by molar-refractivity contribution is 6.02. The van der Waals surface area contributed by atoms with Gasteiger partial charge >= 0.3 is 0 Å². The summed E-state index contributed by atoms with van der Waals surface area (Å²) in [5.41, 5.74) is 0.650. The maximum atomic E-state index is 12.4. The molecule has 0 heterocycles. The number of rotatable bonds is 5. The van der Waals surface area contributed by atoms with Gasteiger partial charge in [0, 0.05) is 11.6 Å². The SMILES string of the molecule is C[C@@H]1CCCC[C@@H]1NC(=O)/C(C#N)=C/c1ccccc1OCC#N. The van der Waals surface area contributed by atoms with Gasteiger partial charge in [-0.05, 0) is 30.9 Å². The number of benzene rings is 1. The van der Waals surface area contributed by atoms with Crippen LogP contribution in [0.3, 0.4) is 0 Å². The Morgan fingerprint density at radius 2 is 2.08 bits per heavy atom. The Morgan fingerprint density at radius 1 is 1.33 bits per heavy atom. The van der Waals surface area contributed by atoms with Crippen molar-refractivity contribution in [3.05, 3.63) is 35.4 Å². The topological polar surface area (TPSA) is 85.9 Å². The molecule has 5 nitrogen and oxygen atoms in total. The Morgan fingerprint density at radius 3 is 2.79 bits per heavy atom. The summed E-state index contributed by atoms with van der Waals surface area (Å²) >= 11 is 0. The van der Waals surface area contributed by atoms with E-state index in [0.29, 0.717) is 17.2 Å². The molecular formula is C19H21N3O2. The normalized spacial score (nSPS) is 20.5. The molecule has 2 atom stereocenters. The minimum absolute atomic E-state index is 0.0424. The molecule has 1 fully saturated rings. The summed E-state index contributed by atoms with van der Waals surface area (Å²) in [4.78, 5) is 12.4. The number of ether oxygens (including phenoxy) is 1. The molecule has 1 amide bonds. The third-order valence-corrected chi connectivity index (χ3v) is 4.30.